The van der Waals surface area contributed by atoms with E-state index in [0.29, 0.717) is 23.6 Å². The number of esters is 1. The average Bonchev–Trinajstić information content (AvgIpc) is 3.14. The van der Waals surface area contributed by atoms with E-state index in [9.17, 15) is 9.59 Å². The molecule has 2 aromatic carbocycles. The molecule has 1 atom stereocenters. The number of likely N-dealkylation sites (tertiary alicyclic amines) is 1. The summed E-state index contributed by atoms with van der Waals surface area (Å²) in [6.45, 7) is 11.0. The summed E-state index contributed by atoms with van der Waals surface area (Å²) in [5.41, 5.74) is 3.99. The zero-order chi connectivity index (χ0) is 37.8. The van der Waals surface area contributed by atoms with E-state index in [1.807, 2.05) is 32.0 Å². The molecule has 9 heteroatoms. The Hall–Kier alpha value is -3.43. The third-order valence-corrected chi connectivity index (χ3v) is 10.8. The molecule has 2 aromatic rings. The highest BCUT2D eigenvalue weighted by Crippen LogP contribution is 2.42. The predicted octanol–water partition coefficient (Wildman–Crippen LogP) is 10.6. The highest BCUT2D eigenvalue weighted by molar-refractivity contribution is 7.80. The zero-order valence-corrected chi connectivity index (χ0v) is 33.8. The van der Waals surface area contributed by atoms with Gasteiger partial charge in [-0.3, -0.25) is 4.90 Å². The molecule has 4 rings (SSSR count). The fraction of sp³-hybridized carbons (Fsp3) is 0.614. The first kappa shape index (κ1) is 42.3. The number of thiocarbonyl (C=S) groups is 1. The van der Waals surface area contributed by atoms with Crippen molar-refractivity contribution in [3.05, 3.63) is 76.5 Å². The Morgan fingerprint density at radius 1 is 0.792 bits per heavy atom. The van der Waals surface area contributed by atoms with Crippen LogP contribution in [0, 0.1) is 0 Å². The van der Waals surface area contributed by atoms with Crippen LogP contribution in [0.3, 0.4) is 0 Å². The van der Waals surface area contributed by atoms with Crippen LogP contribution in [-0.2, 0) is 27.2 Å². The van der Waals surface area contributed by atoms with Crippen molar-refractivity contribution in [1.82, 2.24) is 15.1 Å². The van der Waals surface area contributed by atoms with Gasteiger partial charge >= 0.3 is 12.1 Å². The first-order valence-electron chi connectivity index (χ1n) is 20.6. The Morgan fingerprint density at radius 3 is 2.02 bits per heavy atom. The van der Waals surface area contributed by atoms with Crippen LogP contribution in [0.2, 0.25) is 0 Å². The molecule has 1 amide bonds. The van der Waals surface area contributed by atoms with Crippen molar-refractivity contribution in [2.24, 2.45) is 0 Å². The number of unbranched alkanes of at least 4 members (excludes halogenated alkanes) is 12. The van der Waals surface area contributed by atoms with Crippen molar-refractivity contribution >= 4 is 29.4 Å². The minimum absolute atomic E-state index is 0.199. The summed E-state index contributed by atoms with van der Waals surface area (Å²) in [4.78, 5) is 31.8. The first-order valence-corrected chi connectivity index (χ1v) is 21.0. The Morgan fingerprint density at radius 2 is 1.42 bits per heavy atom. The molecular formula is C44H65N3O5S. The van der Waals surface area contributed by atoms with E-state index in [1.165, 1.54) is 81.1 Å². The first-order chi connectivity index (χ1) is 25.9. The van der Waals surface area contributed by atoms with Crippen molar-refractivity contribution in [1.29, 1.82) is 0 Å². The molecule has 0 radical (unpaired) electrons. The molecule has 0 aromatic heterocycles. The molecule has 0 bridgehead atoms. The minimum Gasteiger partial charge on any atom is -0.493 e. The van der Waals surface area contributed by atoms with E-state index >= 15 is 0 Å². The van der Waals surface area contributed by atoms with Gasteiger partial charge in [-0.2, -0.15) is 0 Å². The van der Waals surface area contributed by atoms with E-state index in [1.54, 1.807) is 6.92 Å². The van der Waals surface area contributed by atoms with Gasteiger partial charge in [0.15, 0.2) is 5.11 Å². The predicted molar refractivity (Wildman–Crippen MR) is 218 cm³/mol. The number of hydrogen-bond donors (Lipinski definition) is 1. The molecule has 2 aliphatic rings. The van der Waals surface area contributed by atoms with E-state index in [-0.39, 0.29) is 17.8 Å². The molecule has 1 unspecified atom stereocenters. The molecule has 2 heterocycles. The molecule has 0 saturated carbocycles. The van der Waals surface area contributed by atoms with Crippen LogP contribution in [0.1, 0.15) is 147 Å². The number of rotatable bonds is 22. The van der Waals surface area contributed by atoms with Crippen LogP contribution in [0.15, 0.2) is 59.8 Å². The zero-order valence-electron chi connectivity index (χ0n) is 33.0. The van der Waals surface area contributed by atoms with Crippen LogP contribution in [0.5, 0.6) is 5.75 Å². The number of hydrogen-bond acceptors (Lipinski definition) is 7. The normalized spacial score (nSPS) is 16.8. The van der Waals surface area contributed by atoms with E-state index < -0.39 is 18.1 Å². The lowest BCUT2D eigenvalue weighted by atomic mass is 9.88. The SMILES string of the molecule is CCCCCCCCCCCCCCCc1cccc(OCC)c1C1C(C(=O)OCC)=C(C)NC(=S)N1C(=O)OC1CCN(Cc2ccccc2)CC1. The van der Waals surface area contributed by atoms with Crippen LogP contribution >= 0.6 is 12.2 Å². The second-order valence-corrected chi connectivity index (χ2v) is 14.9. The summed E-state index contributed by atoms with van der Waals surface area (Å²) in [7, 11) is 0. The van der Waals surface area contributed by atoms with Gasteiger partial charge in [0, 0.05) is 30.9 Å². The Labute approximate surface area is 325 Å². The van der Waals surface area contributed by atoms with Gasteiger partial charge in [0.25, 0.3) is 0 Å². The average molecular weight is 748 g/mol. The highest BCUT2D eigenvalue weighted by atomic mass is 32.1. The van der Waals surface area contributed by atoms with Crippen molar-refractivity contribution in [3.8, 4) is 5.75 Å². The van der Waals surface area contributed by atoms with E-state index in [0.717, 1.165) is 62.9 Å². The van der Waals surface area contributed by atoms with Crippen molar-refractivity contribution in [3.63, 3.8) is 0 Å². The van der Waals surface area contributed by atoms with Gasteiger partial charge in [0.1, 0.15) is 17.9 Å². The lowest BCUT2D eigenvalue weighted by Crippen LogP contribution is -2.52. The monoisotopic (exact) mass is 747 g/mol. The van der Waals surface area contributed by atoms with Crippen LogP contribution in [-0.4, -0.2) is 59.4 Å². The third-order valence-electron chi connectivity index (χ3n) is 10.5. The molecule has 1 saturated heterocycles. The third kappa shape index (κ3) is 13.1. The maximum atomic E-state index is 14.3. The second-order valence-electron chi connectivity index (χ2n) is 14.6. The maximum Gasteiger partial charge on any atom is 0.417 e. The number of aryl methyl sites for hydroxylation is 1. The molecule has 0 aliphatic carbocycles. The van der Waals surface area contributed by atoms with Gasteiger partial charge in [-0.25, -0.2) is 14.5 Å². The minimum atomic E-state index is -0.854. The van der Waals surface area contributed by atoms with Crippen molar-refractivity contribution in [2.45, 2.75) is 149 Å². The molecular weight excluding hydrogens is 683 g/mol. The topological polar surface area (TPSA) is 80.3 Å². The number of nitrogens with zero attached hydrogens (tertiary/aromatic N) is 2. The van der Waals surface area contributed by atoms with E-state index in [4.69, 9.17) is 26.4 Å². The number of piperidine rings is 1. The number of allylic oxidation sites excluding steroid dienone is 1. The smallest absolute Gasteiger partial charge is 0.417 e. The van der Waals surface area contributed by atoms with E-state index in [2.05, 4.69) is 47.5 Å². The number of ether oxygens (including phenoxy) is 3. The van der Waals surface area contributed by atoms with Crippen LogP contribution in [0.4, 0.5) is 4.79 Å². The lowest BCUT2D eigenvalue weighted by Gasteiger charge is -2.40. The molecule has 0 spiro atoms. The number of benzene rings is 2. The number of carbonyl (C=O) groups is 2. The largest absolute Gasteiger partial charge is 0.493 e. The summed E-state index contributed by atoms with van der Waals surface area (Å²) in [5.74, 6) is 0.145. The molecule has 53 heavy (non-hydrogen) atoms. The highest BCUT2D eigenvalue weighted by Gasteiger charge is 2.44. The number of amides is 1. The summed E-state index contributed by atoms with van der Waals surface area (Å²) in [5, 5.41) is 3.32. The quantitative estimate of drug-likeness (QED) is 0.0725. The Kier molecular flexibility index (Phi) is 18.7. The number of nitrogens with one attached hydrogen (secondary N) is 1. The van der Waals surface area contributed by atoms with Gasteiger partial charge in [-0.05, 0) is 75.9 Å². The molecule has 8 nitrogen and oxygen atoms in total. The van der Waals surface area contributed by atoms with Crippen molar-refractivity contribution < 1.29 is 23.8 Å². The summed E-state index contributed by atoms with van der Waals surface area (Å²) < 4.78 is 18.0. The molecule has 2 aliphatic heterocycles. The molecule has 292 valence electrons. The number of carbonyl (C=O) groups excluding carboxylic acids is 2. The molecule has 1 fully saturated rings. The van der Waals surface area contributed by atoms with Gasteiger partial charge in [0.2, 0.25) is 0 Å². The Bertz CT molecular complexity index is 1460. The fourth-order valence-corrected chi connectivity index (χ4v) is 7.97. The summed E-state index contributed by atoms with van der Waals surface area (Å²) in [6, 6.07) is 15.6. The second kappa shape index (κ2) is 23.4. The standard InChI is InChI=1S/C44H65N3O5S/c1-5-8-9-10-11-12-13-14-15-16-17-18-22-26-36-27-23-28-38(50-6-2)40(36)41-39(42(48)51-7-3)34(4)45-43(53)47(41)44(49)52-37-29-31-46(32-30-37)33-35-24-20-19-21-25-35/h19-21,23-25,27-28,37,41H,5-18,22,26,29-33H2,1-4H3,(H,45,53). The van der Waals surface area contributed by atoms with Crippen LogP contribution < -0.4 is 10.1 Å². The van der Waals surface area contributed by atoms with Crippen molar-refractivity contribution in [2.75, 3.05) is 26.3 Å². The van der Waals surface area contributed by atoms with Gasteiger partial charge in [0.05, 0.1) is 18.8 Å². The Balaban J connectivity index is 1.46. The van der Waals surface area contributed by atoms with Gasteiger partial charge < -0.3 is 19.5 Å². The summed E-state index contributed by atoms with van der Waals surface area (Å²) in [6.07, 6.45) is 18.1. The summed E-state index contributed by atoms with van der Waals surface area (Å²) >= 11 is 5.85. The fourth-order valence-electron chi connectivity index (χ4n) is 7.63. The van der Waals surface area contributed by atoms with Gasteiger partial charge in [-0.15, -0.1) is 0 Å². The lowest BCUT2D eigenvalue weighted by molar-refractivity contribution is -0.139. The van der Waals surface area contributed by atoms with Crippen LogP contribution in [0.25, 0.3) is 0 Å². The van der Waals surface area contributed by atoms with Gasteiger partial charge in [-0.1, -0.05) is 126 Å². The maximum absolute atomic E-state index is 14.3. The molecule has 1 N–H and O–H groups in total.